The Hall–Kier alpha value is -5.14. The van der Waals surface area contributed by atoms with Crippen LogP contribution in [0, 0.1) is 0 Å². The molecule has 4 amide bonds. The van der Waals surface area contributed by atoms with Gasteiger partial charge in [0.15, 0.2) is 0 Å². The van der Waals surface area contributed by atoms with Gasteiger partial charge in [-0.3, -0.25) is 38.9 Å². The molecule has 13 nitrogen and oxygen atoms in total. The molecule has 3 heterocycles. The van der Waals surface area contributed by atoms with Gasteiger partial charge in [-0.15, -0.1) is 52.3 Å². The summed E-state index contributed by atoms with van der Waals surface area (Å²) in [6.45, 7) is 0.682. The van der Waals surface area contributed by atoms with Crippen molar-refractivity contribution in [3.8, 4) is 0 Å². The summed E-state index contributed by atoms with van der Waals surface area (Å²) in [4.78, 5) is 78.2. The Morgan fingerprint density at radius 1 is 0.569 bits per heavy atom. The first-order valence-corrected chi connectivity index (χ1v) is 20.0. The van der Waals surface area contributed by atoms with E-state index in [2.05, 4.69) is 56.8 Å². The Bertz CT molecular complexity index is 2210. The first-order valence-electron chi connectivity index (χ1n) is 17.3. The van der Waals surface area contributed by atoms with E-state index in [9.17, 15) is 28.8 Å². The van der Waals surface area contributed by atoms with Crippen LogP contribution in [0.1, 0.15) is 58.9 Å². The fourth-order valence-corrected chi connectivity index (χ4v) is 5.43. The van der Waals surface area contributed by atoms with Gasteiger partial charge >= 0.3 is 15.1 Å². The highest BCUT2D eigenvalue weighted by Gasteiger charge is 2.32. The zero-order valence-corrected chi connectivity index (χ0v) is 35.3. The smallest absolute Gasteiger partial charge is 0.369 e. The number of rotatable bonds is 5. The van der Waals surface area contributed by atoms with Gasteiger partial charge in [0, 0.05) is 11.1 Å². The summed E-state index contributed by atoms with van der Waals surface area (Å²) in [6, 6.07) is 40.0. The van der Waals surface area contributed by atoms with Crippen LogP contribution in [0.15, 0.2) is 133 Å². The van der Waals surface area contributed by atoms with Gasteiger partial charge in [-0.2, -0.15) is 5.06 Å². The van der Waals surface area contributed by atoms with Gasteiger partial charge in [-0.25, -0.2) is 10.7 Å². The number of hydrogen-bond donors (Lipinski definition) is 2. The van der Waals surface area contributed by atoms with Gasteiger partial charge in [0.25, 0.3) is 23.6 Å². The summed E-state index contributed by atoms with van der Waals surface area (Å²) in [7, 11) is 0. The van der Waals surface area contributed by atoms with Crippen LogP contribution in [-0.2, 0) is 61.3 Å². The van der Waals surface area contributed by atoms with Gasteiger partial charge in [0.2, 0.25) is 0 Å². The quantitative estimate of drug-likeness (QED) is 0.0458. The lowest BCUT2D eigenvalue weighted by Gasteiger charge is -2.25. The van der Waals surface area contributed by atoms with Crippen LogP contribution in [0.3, 0.4) is 0 Å². The summed E-state index contributed by atoms with van der Waals surface area (Å²) < 4.78 is 4.71. The molecule has 0 saturated carbocycles. The van der Waals surface area contributed by atoms with E-state index in [1.54, 1.807) is 66.7 Å². The summed E-state index contributed by atoms with van der Waals surface area (Å²) >= 11 is 9.31. The third-order valence-corrected chi connectivity index (χ3v) is 8.09. The molecular formula is C41H35BBr3N3O10. The number of cyclic esters (lactones) is 2. The predicted octanol–water partition coefficient (Wildman–Crippen LogP) is 7.10. The highest BCUT2D eigenvalue weighted by Crippen LogP contribution is 2.21. The largest absolute Gasteiger partial charge is 0.389 e. The second kappa shape index (κ2) is 23.3. The number of nitrogens with two attached hydrogens (primary N) is 1. The molecule has 5 aromatic carbocycles. The third-order valence-electron chi connectivity index (χ3n) is 8.09. The average Bonchev–Trinajstić information content (AvgIpc) is 3.21. The number of halogens is 3. The van der Waals surface area contributed by atoms with Crippen LogP contribution < -0.4 is 5.90 Å². The van der Waals surface area contributed by atoms with E-state index in [0.717, 1.165) is 27.3 Å². The Kier molecular flexibility index (Phi) is 18.3. The molecule has 0 aromatic heterocycles. The molecule has 298 valence electrons. The number of hydroxylamine groups is 4. The molecule has 0 spiro atoms. The van der Waals surface area contributed by atoms with E-state index in [4.69, 9.17) is 15.9 Å². The topological polar surface area (TPSA) is 183 Å². The number of nitrogens with zero attached hydrogens (tertiary/aromatic N) is 2. The SMILES string of the molecule is BrB(Br)Br.NOCc1ccccc1.O=C1Cc2ccccc2C(=O)N1O.O=C1Cc2ccccc2C(=O)N1OCc1ccccc1.O=C1Cc2ccccc2C(=O)O1. The lowest BCUT2D eigenvalue weighted by Crippen LogP contribution is -2.42. The summed E-state index contributed by atoms with van der Waals surface area (Å²) in [5, 5.41) is 10.1. The molecule has 3 aliphatic heterocycles. The maximum absolute atomic E-state index is 12.2. The van der Waals surface area contributed by atoms with E-state index in [1.807, 2.05) is 66.7 Å². The van der Waals surface area contributed by atoms with E-state index in [0.29, 0.717) is 28.9 Å². The minimum absolute atomic E-state index is 0.0818. The fraction of sp³-hybridized carbons (Fsp3) is 0.122. The van der Waals surface area contributed by atoms with Crippen molar-refractivity contribution in [2.75, 3.05) is 0 Å². The number of ether oxygens (including phenoxy) is 1. The molecule has 3 N–H and O–H groups in total. The van der Waals surface area contributed by atoms with Crippen molar-refractivity contribution >= 4 is 86.0 Å². The zero-order valence-electron chi connectivity index (χ0n) is 30.5. The molecule has 0 radical (unpaired) electrons. The third kappa shape index (κ3) is 13.8. The first-order chi connectivity index (χ1) is 27.9. The van der Waals surface area contributed by atoms with E-state index < -0.39 is 29.7 Å². The lowest BCUT2D eigenvalue weighted by molar-refractivity contribution is -0.174. The van der Waals surface area contributed by atoms with Gasteiger partial charge in [-0.05, 0) is 46.0 Å². The molecule has 58 heavy (non-hydrogen) atoms. The molecule has 0 saturated heterocycles. The molecule has 0 aliphatic carbocycles. The van der Waals surface area contributed by atoms with E-state index >= 15 is 0 Å². The van der Waals surface area contributed by atoms with E-state index in [1.165, 1.54) is 0 Å². The standard InChI is InChI=1S/C16H13NO3.C9H7NO3.C9H6O3.C7H9NO.BBr3/c18-15-10-13-8-4-5-9-14(13)16(19)17(15)20-11-12-6-2-1-3-7-12;11-8-5-6-3-1-2-4-7(6)9(12)10(8)13;10-8-5-6-3-1-2-4-7(6)9(11)12-8;8-9-6-7-4-2-1-3-5-7;2-1(3)4/h1-9H,10-11H2;1-4,13H,5H2;1-4H,5H2;1-5H,6,8H2;. The van der Waals surface area contributed by atoms with Gasteiger partial charge in [0.05, 0.1) is 31.4 Å². The van der Waals surface area contributed by atoms with E-state index in [-0.39, 0.29) is 40.0 Å². The van der Waals surface area contributed by atoms with Crippen molar-refractivity contribution in [1.82, 2.24) is 10.1 Å². The van der Waals surface area contributed by atoms with Crippen LogP contribution in [-0.4, -0.2) is 54.1 Å². The fourth-order valence-electron chi connectivity index (χ4n) is 5.43. The minimum atomic E-state index is -0.646. The second-order valence-electron chi connectivity index (χ2n) is 12.1. The van der Waals surface area contributed by atoms with Crippen molar-refractivity contribution in [3.05, 3.63) is 178 Å². The highest BCUT2D eigenvalue weighted by atomic mass is 79.9. The Morgan fingerprint density at radius 2 is 0.983 bits per heavy atom. The van der Waals surface area contributed by atoms with Gasteiger partial charge in [-0.1, -0.05) is 115 Å². The number of esters is 2. The van der Waals surface area contributed by atoms with Crippen LogP contribution in [0.25, 0.3) is 0 Å². The van der Waals surface area contributed by atoms with Crippen molar-refractivity contribution in [3.63, 3.8) is 0 Å². The molecule has 0 atom stereocenters. The molecule has 3 aliphatic rings. The van der Waals surface area contributed by atoms with Crippen molar-refractivity contribution < 1.29 is 48.4 Å². The number of amides is 4. The highest BCUT2D eigenvalue weighted by molar-refractivity contribution is 9.69. The maximum atomic E-state index is 12.2. The number of carbonyl (C=O) groups is 6. The number of hydrogen-bond acceptors (Lipinski definition) is 11. The summed E-state index contributed by atoms with van der Waals surface area (Å²) in [6.07, 6.45) is 0.469. The molecule has 0 unspecified atom stereocenters. The van der Waals surface area contributed by atoms with Gasteiger partial charge in [0.1, 0.15) is 6.61 Å². The lowest BCUT2D eigenvalue weighted by atomic mass is 10.00. The Labute approximate surface area is 358 Å². The van der Waals surface area contributed by atoms with Crippen molar-refractivity contribution in [2.45, 2.75) is 32.5 Å². The normalized spacial score (nSPS) is 13.6. The molecule has 0 bridgehead atoms. The molecule has 0 fully saturated rings. The second-order valence-corrected chi connectivity index (χ2v) is 18.5. The Balaban J connectivity index is 0.000000172. The molecule has 5 aromatic rings. The zero-order chi connectivity index (χ0) is 42.0. The molecular weight excluding hydrogens is 945 g/mol. The minimum Gasteiger partial charge on any atom is -0.389 e. The molecule has 8 rings (SSSR count). The number of carbonyl (C=O) groups excluding carboxylic acids is 6. The number of imide groups is 2. The first kappa shape index (κ1) is 45.6. The van der Waals surface area contributed by atoms with Gasteiger partial charge < -0.3 is 4.74 Å². The predicted molar refractivity (Wildman–Crippen MR) is 224 cm³/mol. The number of fused-ring (bicyclic) bond motifs is 3. The summed E-state index contributed by atoms with van der Waals surface area (Å²) in [5.74, 6) is 1.90. The number of benzene rings is 5. The van der Waals surface area contributed by atoms with Crippen LogP contribution in [0.4, 0.5) is 0 Å². The average molecular weight is 980 g/mol. The van der Waals surface area contributed by atoms with Crippen LogP contribution in [0.5, 0.6) is 0 Å². The van der Waals surface area contributed by atoms with Crippen LogP contribution >= 0.6 is 47.3 Å². The van der Waals surface area contributed by atoms with Crippen molar-refractivity contribution in [1.29, 1.82) is 0 Å². The molecule has 17 heteroatoms. The van der Waals surface area contributed by atoms with Crippen LogP contribution in [0.2, 0.25) is 0 Å². The Morgan fingerprint density at radius 3 is 1.50 bits per heavy atom. The monoisotopic (exact) mass is 977 g/mol. The van der Waals surface area contributed by atoms with Crippen molar-refractivity contribution in [2.24, 2.45) is 5.90 Å². The maximum Gasteiger partial charge on any atom is 0.369 e. The summed E-state index contributed by atoms with van der Waals surface area (Å²) in [5.41, 5.74) is 5.59.